The third kappa shape index (κ3) is 4.24. The number of carbonyl (C=O) groups excluding carboxylic acids is 1. The van der Waals surface area contributed by atoms with E-state index in [2.05, 4.69) is 60.7 Å². The zero-order valence-corrected chi connectivity index (χ0v) is 18.5. The Morgan fingerprint density at radius 1 is 1.00 bits per heavy atom. The number of phenolic OH excluding ortho intramolecular Hbond substituents is 1. The highest BCUT2D eigenvalue weighted by Gasteiger charge is 2.41. The first kappa shape index (κ1) is 22.5. The van der Waals surface area contributed by atoms with Crippen LogP contribution >= 0.6 is 0 Å². The molecule has 0 saturated heterocycles. The van der Waals surface area contributed by atoms with Crippen LogP contribution in [0.1, 0.15) is 92.3 Å². The normalized spacial score (nSPS) is 16.1. The molecule has 3 heteroatoms. The molecule has 0 aliphatic heterocycles. The molecule has 0 spiro atoms. The number of likely N-dealkylation sites (N-methyl/N-ethyl adjacent to an activating group) is 1. The van der Waals surface area contributed by atoms with E-state index >= 15 is 0 Å². The number of hydrogen-bond acceptors (Lipinski definition) is 2. The van der Waals surface area contributed by atoms with Gasteiger partial charge in [0, 0.05) is 6.54 Å². The van der Waals surface area contributed by atoms with Crippen LogP contribution in [0.25, 0.3) is 0 Å². The standard InChI is InChI=1S/C23H39NO2/c1-11-15(3)23(10,20(26)24-12-2)16-13-17(21(4,5)6)19(25)18(14-16)22(7,8)9/h13-15,25H,11-12H2,1-10H3,(H,24,26). The molecular formula is C23H39NO2. The molecule has 2 N–H and O–H groups in total. The number of phenols is 1. The molecule has 0 aliphatic carbocycles. The van der Waals surface area contributed by atoms with E-state index in [0.29, 0.717) is 12.3 Å². The molecule has 1 aromatic rings. The first-order valence-electron chi connectivity index (χ1n) is 9.87. The van der Waals surface area contributed by atoms with Crippen LogP contribution in [0, 0.1) is 5.92 Å². The van der Waals surface area contributed by atoms with Gasteiger partial charge >= 0.3 is 0 Å². The molecule has 1 amide bonds. The molecule has 2 unspecified atom stereocenters. The van der Waals surface area contributed by atoms with Crippen LogP contribution < -0.4 is 5.32 Å². The van der Waals surface area contributed by atoms with E-state index in [9.17, 15) is 9.90 Å². The van der Waals surface area contributed by atoms with Gasteiger partial charge in [-0.1, -0.05) is 73.9 Å². The Balaban J connectivity index is 3.85. The number of aromatic hydroxyl groups is 1. The van der Waals surface area contributed by atoms with E-state index < -0.39 is 5.41 Å². The minimum absolute atomic E-state index is 0.0553. The number of carbonyl (C=O) groups is 1. The third-order valence-corrected chi connectivity index (χ3v) is 5.73. The summed E-state index contributed by atoms with van der Waals surface area (Å²) < 4.78 is 0. The lowest BCUT2D eigenvalue weighted by Gasteiger charge is -2.37. The average Bonchev–Trinajstić information content (AvgIpc) is 2.51. The van der Waals surface area contributed by atoms with Crippen molar-refractivity contribution in [1.82, 2.24) is 5.32 Å². The second-order valence-corrected chi connectivity index (χ2v) is 9.79. The lowest BCUT2D eigenvalue weighted by atomic mass is 9.67. The van der Waals surface area contributed by atoms with Crippen molar-refractivity contribution in [1.29, 1.82) is 0 Å². The Hall–Kier alpha value is -1.51. The fourth-order valence-corrected chi connectivity index (χ4v) is 3.47. The summed E-state index contributed by atoms with van der Waals surface area (Å²) in [5.74, 6) is 0.593. The van der Waals surface area contributed by atoms with Crippen LogP contribution in [0.4, 0.5) is 0 Å². The van der Waals surface area contributed by atoms with Crippen molar-refractivity contribution in [3.8, 4) is 5.75 Å². The van der Waals surface area contributed by atoms with Crippen LogP contribution in [-0.4, -0.2) is 17.6 Å². The van der Waals surface area contributed by atoms with Crippen molar-refractivity contribution in [2.24, 2.45) is 5.92 Å². The van der Waals surface area contributed by atoms with Crippen molar-refractivity contribution < 1.29 is 9.90 Å². The summed E-state index contributed by atoms with van der Waals surface area (Å²) in [6.45, 7) is 21.5. The molecule has 0 radical (unpaired) electrons. The molecule has 1 aromatic carbocycles. The highest BCUT2D eigenvalue weighted by Crippen LogP contribution is 2.44. The number of hydrogen-bond donors (Lipinski definition) is 2. The minimum atomic E-state index is -0.640. The molecule has 0 fully saturated rings. The topological polar surface area (TPSA) is 49.3 Å². The van der Waals surface area contributed by atoms with E-state index in [0.717, 1.165) is 23.1 Å². The van der Waals surface area contributed by atoms with Crippen LogP contribution in [0.15, 0.2) is 12.1 Å². The summed E-state index contributed by atoms with van der Waals surface area (Å²) in [6, 6.07) is 4.10. The van der Waals surface area contributed by atoms with Gasteiger partial charge in [0.05, 0.1) is 5.41 Å². The predicted octanol–water partition coefficient (Wildman–Crippen LogP) is 5.43. The predicted molar refractivity (Wildman–Crippen MR) is 111 cm³/mol. The lowest BCUT2D eigenvalue weighted by Crippen LogP contribution is -2.46. The third-order valence-electron chi connectivity index (χ3n) is 5.73. The highest BCUT2D eigenvalue weighted by molar-refractivity contribution is 5.88. The van der Waals surface area contributed by atoms with Crippen molar-refractivity contribution in [3.05, 3.63) is 28.8 Å². The summed E-state index contributed by atoms with van der Waals surface area (Å²) in [5.41, 5.74) is 1.73. The molecule has 26 heavy (non-hydrogen) atoms. The Morgan fingerprint density at radius 2 is 1.42 bits per heavy atom. The maximum Gasteiger partial charge on any atom is 0.230 e. The maximum atomic E-state index is 13.1. The first-order chi connectivity index (χ1) is 11.7. The van der Waals surface area contributed by atoms with E-state index in [-0.39, 0.29) is 22.7 Å². The first-order valence-corrected chi connectivity index (χ1v) is 9.87. The Bertz CT molecular complexity index is 614. The smallest absolute Gasteiger partial charge is 0.230 e. The monoisotopic (exact) mass is 361 g/mol. The molecule has 148 valence electrons. The van der Waals surface area contributed by atoms with Crippen molar-refractivity contribution in [3.63, 3.8) is 0 Å². The summed E-state index contributed by atoms with van der Waals surface area (Å²) in [6.07, 6.45) is 0.907. The van der Waals surface area contributed by atoms with E-state index in [1.165, 1.54) is 0 Å². The van der Waals surface area contributed by atoms with Gasteiger partial charge in [0.1, 0.15) is 5.75 Å². The van der Waals surface area contributed by atoms with E-state index in [4.69, 9.17) is 0 Å². The Morgan fingerprint density at radius 3 is 1.73 bits per heavy atom. The quantitative estimate of drug-likeness (QED) is 0.735. The summed E-state index contributed by atoms with van der Waals surface area (Å²) >= 11 is 0. The molecule has 0 aromatic heterocycles. The fraction of sp³-hybridized carbons (Fsp3) is 0.696. The molecule has 0 bridgehead atoms. The van der Waals surface area contributed by atoms with Crippen LogP contribution in [0.2, 0.25) is 0 Å². The van der Waals surface area contributed by atoms with Gasteiger partial charge in [-0.15, -0.1) is 0 Å². The molecule has 1 rings (SSSR count). The van der Waals surface area contributed by atoms with Gasteiger partial charge in [0.2, 0.25) is 5.91 Å². The van der Waals surface area contributed by atoms with Crippen LogP contribution in [0.3, 0.4) is 0 Å². The van der Waals surface area contributed by atoms with Gasteiger partial charge in [-0.05, 0) is 47.3 Å². The Labute approximate surface area is 160 Å². The fourth-order valence-electron chi connectivity index (χ4n) is 3.47. The molecule has 3 nitrogen and oxygen atoms in total. The SMILES string of the molecule is CCNC(=O)C(C)(c1cc(C(C)(C)C)c(O)c(C(C)(C)C)c1)C(C)CC. The average molecular weight is 362 g/mol. The number of amides is 1. The number of nitrogens with one attached hydrogen (secondary N) is 1. The minimum Gasteiger partial charge on any atom is -0.507 e. The Kier molecular flexibility index (Phi) is 6.60. The second kappa shape index (κ2) is 7.62. The molecule has 0 saturated carbocycles. The second-order valence-electron chi connectivity index (χ2n) is 9.79. The molecular weight excluding hydrogens is 322 g/mol. The zero-order valence-electron chi connectivity index (χ0n) is 18.5. The van der Waals surface area contributed by atoms with Gasteiger partial charge in [-0.2, -0.15) is 0 Å². The zero-order chi connectivity index (χ0) is 20.5. The number of rotatable bonds is 5. The summed E-state index contributed by atoms with van der Waals surface area (Å²) in [4.78, 5) is 13.1. The summed E-state index contributed by atoms with van der Waals surface area (Å²) in [5, 5.41) is 14.0. The van der Waals surface area contributed by atoms with Gasteiger partial charge in [-0.25, -0.2) is 0 Å². The van der Waals surface area contributed by atoms with E-state index in [1.807, 2.05) is 26.0 Å². The van der Waals surface area contributed by atoms with Crippen molar-refractivity contribution in [2.75, 3.05) is 6.54 Å². The van der Waals surface area contributed by atoms with Crippen LogP contribution in [0.5, 0.6) is 5.75 Å². The maximum absolute atomic E-state index is 13.1. The molecule has 2 atom stereocenters. The van der Waals surface area contributed by atoms with Gasteiger partial charge in [-0.3, -0.25) is 4.79 Å². The van der Waals surface area contributed by atoms with Gasteiger partial charge in [0.25, 0.3) is 0 Å². The lowest BCUT2D eigenvalue weighted by molar-refractivity contribution is -0.128. The largest absolute Gasteiger partial charge is 0.507 e. The molecule has 0 heterocycles. The van der Waals surface area contributed by atoms with Gasteiger partial charge < -0.3 is 10.4 Å². The van der Waals surface area contributed by atoms with Gasteiger partial charge in [0.15, 0.2) is 0 Å². The van der Waals surface area contributed by atoms with Crippen LogP contribution in [-0.2, 0) is 21.0 Å². The van der Waals surface area contributed by atoms with E-state index in [1.54, 1.807) is 0 Å². The van der Waals surface area contributed by atoms with Crippen molar-refractivity contribution >= 4 is 5.91 Å². The summed E-state index contributed by atoms with van der Waals surface area (Å²) in [7, 11) is 0. The highest BCUT2D eigenvalue weighted by atomic mass is 16.3. The number of benzene rings is 1. The molecule has 0 aliphatic rings. The van der Waals surface area contributed by atoms with Crippen molar-refractivity contribution in [2.45, 2.75) is 91.9 Å².